The second-order valence-corrected chi connectivity index (χ2v) is 3.56. The molecule has 0 atom stereocenters. The minimum atomic E-state index is 0.303. The monoisotopic (exact) mass is 218 g/mol. The van der Waals surface area contributed by atoms with Crippen molar-refractivity contribution in [2.45, 2.75) is 4.90 Å². The number of nitriles is 1. The van der Waals surface area contributed by atoms with Gasteiger partial charge in [-0.05, 0) is 23.9 Å². The molecule has 2 nitrogen and oxygen atoms in total. The number of nitrogens with two attached hydrogens (primary N) is 1. The molecule has 0 saturated heterocycles. The van der Waals surface area contributed by atoms with E-state index in [0.717, 1.165) is 11.8 Å². The van der Waals surface area contributed by atoms with Crippen LogP contribution < -0.4 is 5.73 Å². The zero-order chi connectivity index (χ0) is 9.14. The highest BCUT2D eigenvalue weighted by Gasteiger charge is 2.07. The number of hydrogen-bond donors (Lipinski definition) is 1. The average molecular weight is 219 g/mol. The zero-order valence-corrected chi connectivity index (χ0v) is 8.17. The van der Waals surface area contributed by atoms with Crippen LogP contribution in [-0.2, 0) is 0 Å². The highest BCUT2D eigenvalue weighted by molar-refractivity contribution is 8.03. The topological polar surface area (TPSA) is 49.8 Å². The lowest BCUT2D eigenvalue weighted by Gasteiger charge is -2.02. The third kappa shape index (κ3) is 1.78. The standard InChI is InChI=1S/C7H4Cl2N2S/c8-6-4(11)1-2-5(7(6)9)12-3-10/h1-2H,11H2. The first-order valence-electron chi connectivity index (χ1n) is 2.96. The molecule has 0 spiro atoms. The summed E-state index contributed by atoms with van der Waals surface area (Å²) in [6, 6.07) is 3.28. The maximum atomic E-state index is 8.38. The van der Waals surface area contributed by atoms with Gasteiger partial charge in [0.25, 0.3) is 0 Å². The van der Waals surface area contributed by atoms with Gasteiger partial charge in [-0.25, -0.2) is 0 Å². The van der Waals surface area contributed by atoms with Gasteiger partial charge >= 0.3 is 0 Å². The molecule has 0 bridgehead atoms. The van der Waals surface area contributed by atoms with E-state index in [4.69, 9.17) is 34.2 Å². The van der Waals surface area contributed by atoms with Crippen molar-refractivity contribution in [3.05, 3.63) is 22.2 Å². The molecule has 0 fully saturated rings. The maximum Gasteiger partial charge on any atom is 0.138 e. The van der Waals surface area contributed by atoms with Gasteiger partial charge in [0, 0.05) is 4.90 Å². The molecule has 5 heteroatoms. The molecule has 0 saturated carbocycles. The molecule has 1 rings (SSSR count). The number of rotatable bonds is 1. The van der Waals surface area contributed by atoms with Gasteiger partial charge in [0.05, 0.1) is 15.7 Å². The van der Waals surface area contributed by atoms with Gasteiger partial charge in [-0.2, -0.15) is 5.26 Å². The molecule has 2 N–H and O–H groups in total. The van der Waals surface area contributed by atoms with E-state index in [1.54, 1.807) is 12.1 Å². The van der Waals surface area contributed by atoms with Crippen molar-refractivity contribution in [3.8, 4) is 5.40 Å². The first-order chi connectivity index (χ1) is 5.66. The fourth-order valence-electron chi connectivity index (χ4n) is 0.675. The summed E-state index contributed by atoms with van der Waals surface area (Å²) in [5, 5.41) is 10.9. The molecule has 12 heavy (non-hydrogen) atoms. The fraction of sp³-hybridized carbons (Fsp3) is 0. The van der Waals surface area contributed by atoms with Crippen LogP contribution in [0.1, 0.15) is 0 Å². The number of hydrogen-bond acceptors (Lipinski definition) is 3. The second-order valence-electron chi connectivity index (χ2n) is 1.97. The first kappa shape index (κ1) is 9.53. The highest BCUT2D eigenvalue weighted by atomic mass is 35.5. The Morgan fingerprint density at radius 1 is 1.33 bits per heavy atom. The van der Waals surface area contributed by atoms with Gasteiger partial charge in [-0.1, -0.05) is 23.2 Å². The van der Waals surface area contributed by atoms with Crippen molar-refractivity contribution in [2.24, 2.45) is 0 Å². The van der Waals surface area contributed by atoms with Crippen LogP contribution in [0.5, 0.6) is 0 Å². The molecule has 0 aromatic heterocycles. The molecule has 0 aliphatic rings. The number of benzene rings is 1. The van der Waals surface area contributed by atoms with Crippen molar-refractivity contribution < 1.29 is 0 Å². The maximum absolute atomic E-state index is 8.38. The molecule has 0 aliphatic carbocycles. The third-order valence-corrected chi connectivity index (χ3v) is 2.89. The molecule has 0 unspecified atom stereocenters. The average Bonchev–Trinajstić information content (AvgIpc) is 2.07. The predicted octanol–water partition coefficient (Wildman–Crippen LogP) is 3.15. The van der Waals surface area contributed by atoms with E-state index in [0.29, 0.717) is 20.6 Å². The summed E-state index contributed by atoms with van der Waals surface area (Å²) in [5.41, 5.74) is 5.90. The van der Waals surface area contributed by atoms with Crippen molar-refractivity contribution in [2.75, 3.05) is 5.73 Å². The summed E-state index contributed by atoms with van der Waals surface area (Å²) in [7, 11) is 0. The van der Waals surface area contributed by atoms with E-state index in [1.165, 1.54) is 0 Å². The molecule has 1 aromatic rings. The molecular formula is C7H4Cl2N2S. The Hall–Kier alpha value is -0.560. The minimum Gasteiger partial charge on any atom is -0.397 e. The molecule has 1 aromatic carbocycles. The Morgan fingerprint density at radius 2 is 2.00 bits per heavy atom. The summed E-state index contributed by atoms with van der Waals surface area (Å²) in [6.45, 7) is 0. The van der Waals surface area contributed by atoms with E-state index < -0.39 is 0 Å². The number of halogens is 2. The highest BCUT2D eigenvalue weighted by Crippen LogP contribution is 2.36. The normalized spacial score (nSPS) is 9.42. The van der Waals surface area contributed by atoms with Crippen LogP contribution in [0.4, 0.5) is 5.69 Å². The van der Waals surface area contributed by atoms with E-state index in [2.05, 4.69) is 0 Å². The lowest BCUT2D eigenvalue weighted by Crippen LogP contribution is -1.87. The lowest BCUT2D eigenvalue weighted by atomic mass is 10.3. The van der Waals surface area contributed by atoms with Gasteiger partial charge in [0.2, 0.25) is 0 Å². The van der Waals surface area contributed by atoms with Gasteiger partial charge in [0.15, 0.2) is 0 Å². The largest absolute Gasteiger partial charge is 0.397 e. The van der Waals surface area contributed by atoms with Crippen LogP contribution >= 0.6 is 35.0 Å². The van der Waals surface area contributed by atoms with Crippen LogP contribution in [-0.4, -0.2) is 0 Å². The summed E-state index contributed by atoms with van der Waals surface area (Å²) in [4.78, 5) is 0.623. The Morgan fingerprint density at radius 3 is 2.58 bits per heavy atom. The van der Waals surface area contributed by atoms with E-state index in [-0.39, 0.29) is 0 Å². The van der Waals surface area contributed by atoms with Gasteiger partial charge < -0.3 is 5.73 Å². The Bertz CT molecular complexity index is 346. The van der Waals surface area contributed by atoms with Gasteiger partial charge in [-0.3, -0.25) is 0 Å². The smallest absolute Gasteiger partial charge is 0.138 e. The van der Waals surface area contributed by atoms with Crippen LogP contribution in [0, 0.1) is 10.7 Å². The molecule has 62 valence electrons. The molecule has 0 aliphatic heterocycles. The number of nitrogen functional groups attached to an aromatic ring is 1. The fourth-order valence-corrected chi connectivity index (χ4v) is 1.61. The lowest BCUT2D eigenvalue weighted by molar-refractivity contribution is 1.46. The van der Waals surface area contributed by atoms with E-state index in [1.807, 2.05) is 5.40 Å². The predicted molar refractivity (Wildman–Crippen MR) is 52.3 cm³/mol. The van der Waals surface area contributed by atoms with Crippen molar-refractivity contribution in [1.29, 1.82) is 5.26 Å². The van der Waals surface area contributed by atoms with Gasteiger partial charge in [-0.15, -0.1) is 0 Å². The zero-order valence-electron chi connectivity index (χ0n) is 5.84. The number of thiocyanates is 1. The SMILES string of the molecule is N#CSc1ccc(N)c(Cl)c1Cl. The van der Waals surface area contributed by atoms with Gasteiger partial charge in [0.1, 0.15) is 5.40 Å². The second kappa shape index (κ2) is 3.90. The summed E-state index contributed by atoms with van der Waals surface area (Å²) in [6.07, 6.45) is 0. The van der Waals surface area contributed by atoms with Crippen LogP contribution in [0.25, 0.3) is 0 Å². The van der Waals surface area contributed by atoms with Crippen LogP contribution in [0.15, 0.2) is 17.0 Å². The third-order valence-electron chi connectivity index (χ3n) is 1.23. The molecule has 0 radical (unpaired) electrons. The number of anilines is 1. The van der Waals surface area contributed by atoms with Crippen molar-refractivity contribution in [3.63, 3.8) is 0 Å². The summed E-state index contributed by atoms with van der Waals surface area (Å²) in [5.74, 6) is 0. The molecule has 0 amide bonds. The van der Waals surface area contributed by atoms with E-state index >= 15 is 0 Å². The van der Waals surface area contributed by atoms with E-state index in [9.17, 15) is 0 Å². The molecule has 0 heterocycles. The quantitative estimate of drug-likeness (QED) is 0.448. The van der Waals surface area contributed by atoms with Crippen LogP contribution in [0.2, 0.25) is 10.0 Å². The van der Waals surface area contributed by atoms with Crippen molar-refractivity contribution in [1.82, 2.24) is 0 Å². The minimum absolute atomic E-state index is 0.303. The summed E-state index contributed by atoms with van der Waals surface area (Å²) >= 11 is 12.5. The number of thioether (sulfide) groups is 1. The van der Waals surface area contributed by atoms with Crippen molar-refractivity contribution >= 4 is 40.7 Å². The Labute approximate surface area is 84.3 Å². The molecular weight excluding hydrogens is 215 g/mol. The Balaban J connectivity index is 3.19. The summed E-state index contributed by atoms with van der Waals surface area (Å²) < 4.78 is 0. The Kier molecular flexibility index (Phi) is 3.10. The first-order valence-corrected chi connectivity index (χ1v) is 4.53. The van der Waals surface area contributed by atoms with Crippen LogP contribution in [0.3, 0.4) is 0 Å². The number of nitrogens with zero attached hydrogens (tertiary/aromatic N) is 1.